The molecule has 2 aliphatic heterocycles. The Bertz CT molecular complexity index is 1240. The lowest BCUT2D eigenvalue weighted by Gasteiger charge is -2.33. The fourth-order valence-corrected chi connectivity index (χ4v) is 6.58. The zero-order chi connectivity index (χ0) is 22.5. The molecule has 2 aliphatic rings. The molecule has 0 unspecified atom stereocenters. The predicted molar refractivity (Wildman–Crippen MR) is 125 cm³/mol. The molecule has 0 bridgehead atoms. The molecule has 3 heterocycles. The van der Waals surface area contributed by atoms with Gasteiger partial charge in [-0.3, -0.25) is 0 Å². The van der Waals surface area contributed by atoms with Crippen molar-refractivity contribution in [3.63, 3.8) is 0 Å². The van der Waals surface area contributed by atoms with Crippen LogP contribution in [0.3, 0.4) is 0 Å². The van der Waals surface area contributed by atoms with Crippen LogP contribution in [0.15, 0.2) is 53.4 Å². The lowest BCUT2D eigenvalue weighted by Crippen LogP contribution is -2.44. The molecule has 0 saturated carbocycles. The second-order valence-corrected chi connectivity index (χ2v) is 11.4. The van der Waals surface area contributed by atoms with Gasteiger partial charge in [0, 0.05) is 29.9 Å². The first kappa shape index (κ1) is 21.2. The van der Waals surface area contributed by atoms with Crippen LogP contribution in [0.2, 0.25) is 0 Å². The summed E-state index contributed by atoms with van der Waals surface area (Å²) >= 11 is 0. The molecule has 0 spiro atoms. The molecular weight excluding hydrogens is 422 g/mol. The number of sulfonamides is 1. The van der Waals surface area contributed by atoms with Crippen molar-refractivity contribution in [1.82, 2.24) is 19.3 Å². The summed E-state index contributed by atoms with van der Waals surface area (Å²) in [5.41, 5.74) is 3.74. The summed E-state index contributed by atoms with van der Waals surface area (Å²) in [4.78, 5) is 2.65. The molecule has 8 heteroatoms. The van der Waals surface area contributed by atoms with Crippen LogP contribution in [0.25, 0.3) is 11.3 Å². The Morgan fingerprint density at radius 3 is 2.41 bits per heavy atom. The smallest absolute Gasteiger partial charge is 0.244 e. The summed E-state index contributed by atoms with van der Waals surface area (Å²) in [5, 5.41) is 8.92. The average molecular weight is 452 g/mol. The van der Waals surface area contributed by atoms with E-state index in [4.69, 9.17) is 0 Å². The molecule has 0 amide bonds. The summed E-state index contributed by atoms with van der Waals surface area (Å²) in [6.07, 6.45) is 2.32. The second kappa shape index (κ2) is 7.71. The van der Waals surface area contributed by atoms with Crippen molar-refractivity contribution in [1.29, 1.82) is 0 Å². The number of rotatable bonds is 3. The third-order valence-corrected chi connectivity index (χ3v) is 8.45. The van der Waals surface area contributed by atoms with Gasteiger partial charge in [-0.2, -0.15) is 4.31 Å². The van der Waals surface area contributed by atoms with Crippen LogP contribution in [-0.4, -0.2) is 46.3 Å². The lowest BCUT2D eigenvalue weighted by atomic mass is 10.1. The quantitative estimate of drug-likeness (QED) is 0.604. The first-order valence-electron chi connectivity index (χ1n) is 11.1. The monoisotopic (exact) mass is 451 g/mol. The minimum absolute atomic E-state index is 0.198. The lowest BCUT2D eigenvalue weighted by molar-refractivity contribution is 0.241. The summed E-state index contributed by atoms with van der Waals surface area (Å²) in [5.74, 6) is 0. The third-order valence-electron chi connectivity index (χ3n) is 6.28. The Morgan fingerprint density at radius 2 is 1.72 bits per heavy atom. The molecule has 2 aromatic carbocycles. The van der Waals surface area contributed by atoms with Crippen LogP contribution in [0, 0.1) is 0 Å². The summed E-state index contributed by atoms with van der Waals surface area (Å²) < 4.78 is 31.0. The molecule has 1 fully saturated rings. The van der Waals surface area contributed by atoms with Crippen LogP contribution in [0.5, 0.6) is 0 Å². The van der Waals surface area contributed by atoms with E-state index < -0.39 is 15.6 Å². The molecule has 168 valence electrons. The number of hydrogen-bond acceptors (Lipinski definition) is 5. The van der Waals surface area contributed by atoms with Gasteiger partial charge in [0.2, 0.25) is 10.0 Å². The van der Waals surface area contributed by atoms with E-state index in [2.05, 4.69) is 15.2 Å². The van der Waals surface area contributed by atoms with Crippen molar-refractivity contribution in [3.8, 4) is 11.3 Å². The van der Waals surface area contributed by atoms with Crippen molar-refractivity contribution in [3.05, 3.63) is 59.8 Å². The van der Waals surface area contributed by atoms with Crippen LogP contribution >= 0.6 is 0 Å². The van der Waals surface area contributed by atoms with Gasteiger partial charge in [0.1, 0.15) is 5.69 Å². The van der Waals surface area contributed by atoms with Crippen molar-refractivity contribution in [2.24, 2.45) is 0 Å². The largest absolute Gasteiger partial charge is 0.372 e. The van der Waals surface area contributed by atoms with Gasteiger partial charge in [-0.05, 0) is 57.4 Å². The Balaban J connectivity index is 1.72. The van der Waals surface area contributed by atoms with E-state index in [1.165, 1.54) is 0 Å². The summed E-state index contributed by atoms with van der Waals surface area (Å²) in [6.45, 7) is 8.48. The number of aromatic nitrogens is 3. The maximum Gasteiger partial charge on any atom is 0.244 e. The molecule has 7 nitrogen and oxygen atoms in total. The minimum Gasteiger partial charge on any atom is -0.372 e. The summed E-state index contributed by atoms with van der Waals surface area (Å²) in [7, 11) is -3.71. The van der Waals surface area contributed by atoms with Crippen molar-refractivity contribution in [2.75, 3.05) is 18.0 Å². The predicted octanol–water partition coefficient (Wildman–Crippen LogP) is 3.90. The minimum atomic E-state index is -3.71. The Labute approximate surface area is 189 Å². The van der Waals surface area contributed by atoms with Gasteiger partial charge in [0.25, 0.3) is 0 Å². The highest BCUT2D eigenvalue weighted by Gasteiger charge is 2.40. The Morgan fingerprint density at radius 1 is 1.00 bits per heavy atom. The highest BCUT2D eigenvalue weighted by molar-refractivity contribution is 7.89. The summed E-state index contributed by atoms with van der Waals surface area (Å²) in [6, 6.07) is 15.8. The van der Waals surface area contributed by atoms with E-state index in [1.807, 2.05) is 67.9 Å². The standard InChI is InChI=1S/C24H29N5O2S/c1-24(2,3)29-17-21-23(28(26-25-21)16-18-9-5-4-6-10-18)20-15-19(27-13-7-8-14-27)11-12-22(20)32(29,30)31/h4-6,9-12,15H,7-8,13-14,16-17H2,1-3H3. The van der Waals surface area contributed by atoms with Gasteiger partial charge in [0.15, 0.2) is 0 Å². The Hall–Kier alpha value is -2.71. The van der Waals surface area contributed by atoms with E-state index >= 15 is 0 Å². The Kier molecular flexibility index (Phi) is 5.09. The zero-order valence-corrected chi connectivity index (χ0v) is 19.6. The number of hydrogen-bond donors (Lipinski definition) is 0. The molecule has 0 aliphatic carbocycles. The van der Waals surface area contributed by atoms with Gasteiger partial charge in [0.05, 0.1) is 23.7 Å². The number of nitrogens with zero attached hydrogens (tertiary/aromatic N) is 5. The SMILES string of the molecule is CC(C)(C)N1Cc2nnn(Cc3ccccc3)c2-c2cc(N3CCCC3)ccc2S1(=O)=O. The fraction of sp³-hybridized carbons (Fsp3) is 0.417. The van der Waals surface area contributed by atoms with Crippen LogP contribution in [0.4, 0.5) is 5.69 Å². The van der Waals surface area contributed by atoms with Gasteiger partial charge < -0.3 is 4.90 Å². The molecule has 1 saturated heterocycles. The van der Waals surface area contributed by atoms with Gasteiger partial charge in [-0.15, -0.1) is 5.10 Å². The number of anilines is 1. The maximum absolute atomic E-state index is 13.8. The first-order valence-corrected chi connectivity index (χ1v) is 12.6. The van der Waals surface area contributed by atoms with E-state index in [9.17, 15) is 8.42 Å². The second-order valence-electron chi connectivity index (χ2n) is 9.59. The van der Waals surface area contributed by atoms with Crippen LogP contribution in [-0.2, 0) is 23.1 Å². The first-order chi connectivity index (χ1) is 15.2. The highest BCUT2D eigenvalue weighted by Crippen LogP contribution is 2.41. The van der Waals surface area contributed by atoms with Crippen molar-refractivity contribution in [2.45, 2.75) is 57.1 Å². The highest BCUT2D eigenvalue weighted by atomic mass is 32.2. The molecule has 1 aromatic heterocycles. The topological polar surface area (TPSA) is 71.3 Å². The normalized spacial score (nSPS) is 18.3. The molecule has 5 rings (SSSR count). The van der Waals surface area contributed by atoms with Gasteiger partial charge in [-0.25, -0.2) is 13.1 Å². The molecule has 3 aromatic rings. The van der Waals surface area contributed by atoms with Crippen molar-refractivity contribution >= 4 is 15.7 Å². The molecule has 0 radical (unpaired) electrons. The number of benzene rings is 2. The number of fused-ring (bicyclic) bond motifs is 3. The fourth-order valence-electron chi connectivity index (χ4n) is 4.65. The van der Waals surface area contributed by atoms with Gasteiger partial charge >= 0.3 is 0 Å². The third kappa shape index (κ3) is 3.61. The van der Waals surface area contributed by atoms with E-state index in [-0.39, 0.29) is 6.54 Å². The van der Waals surface area contributed by atoms with Crippen molar-refractivity contribution < 1.29 is 8.42 Å². The molecule has 0 N–H and O–H groups in total. The van der Waals surface area contributed by atoms with E-state index in [0.717, 1.165) is 42.9 Å². The maximum atomic E-state index is 13.8. The van der Waals surface area contributed by atoms with Crippen LogP contribution < -0.4 is 4.90 Å². The average Bonchev–Trinajstić information content (AvgIpc) is 3.40. The van der Waals surface area contributed by atoms with Gasteiger partial charge in [-0.1, -0.05) is 35.5 Å². The van der Waals surface area contributed by atoms with E-state index in [0.29, 0.717) is 22.7 Å². The van der Waals surface area contributed by atoms with Crippen LogP contribution in [0.1, 0.15) is 44.9 Å². The molecule has 0 atom stereocenters. The zero-order valence-electron chi connectivity index (χ0n) is 18.8. The molecule has 32 heavy (non-hydrogen) atoms. The molecular formula is C24H29N5O2S. The van der Waals surface area contributed by atoms with E-state index in [1.54, 1.807) is 10.4 Å².